The van der Waals surface area contributed by atoms with Gasteiger partial charge in [0.15, 0.2) is 0 Å². The SMILES string of the molecule is CCNC(=O)C1COCCN1c1ccccc1C(=O)O. The molecule has 108 valence electrons. The normalized spacial score (nSPS) is 18.6. The maximum Gasteiger partial charge on any atom is 0.337 e. The van der Waals surface area contributed by atoms with E-state index in [2.05, 4.69) is 5.32 Å². The van der Waals surface area contributed by atoms with Gasteiger partial charge in [0.25, 0.3) is 0 Å². The lowest BCUT2D eigenvalue weighted by Crippen LogP contribution is -2.54. The lowest BCUT2D eigenvalue weighted by Gasteiger charge is -2.36. The van der Waals surface area contributed by atoms with E-state index in [0.717, 1.165) is 0 Å². The zero-order chi connectivity index (χ0) is 14.5. The second-order valence-corrected chi connectivity index (χ2v) is 4.50. The number of carbonyl (C=O) groups is 2. The Morgan fingerprint density at radius 2 is 2.20 bits per heavy atom. The number of carbonyl (C=O) groups excluding carboxylic acids is 1. The van der Waals surface area contributed by atoms with Gasteiger partial charge in [0.2, 0.25) is 5.91 Å². The molecule has 0 radical (unpaired) electrons. The fraction of sp³-hybridized carbons (Fsp3) is 0.429. The van der Waals surface area contributed by atoms with Gasteiger partial charge in [-0.25, -0.2) is 4.79 Å². The maximum atomic E-state index is 12.1. The molecule has 20 heavy (non-hydrogen) atoms. The first-order valence-corrected chi connectivity index (χ1v) is 6.59. The third-order valence-electron chi connectivity index (χ3n) is 3.23. The van der Waals surface area contributed by atoms with E-state index in [1.807, 2.05) is 6.92 Å². The van der Waals surface area contributed by atoms with Crippen LogP contribution in [0.4, 0.5) is 5.69 Å². The first-order valence-electron chi connectivity index (χ1n) is 6.59. The Balaban J connectivity index is 2.33. The third kappa shape index (κ3) is 2.91. The van der Waals surface area contributed by atoms with Gasteiger partial charge >= 0.3 is 5.97 Å². The number of hydrogen-bond acceptors (Lipinski definition) is 4. The van der Waals surface area contributed by atoms with Crippen molar-refractivity contribution < 1.29 is 19.4 Å². The van der Waals surface area contributed by atoms with Crippen LogP contribution in [0.2, 0.25) is 0 Å². The molecule has 1 heterocycles. The van der Waals surface area contributed by atoms with Gasteiger partial charge in [-0.15, -0.1) is 0 Å². The molecule has 2 N–H and O–H groups in total. The lowest BCUT2D eigenvalue weighted by atomic mass is 10.1. The van der Waals surface area contributed by atoms with Crippen LogP contribution in [0.3, 0.4) is 0 Å². The minimum atomic E-state index is -0.998. The summed E-state index contributed by atoms with van der Waals surface area (Å²) >= 11 is 0. The molecule has 2 rings (SSSR count). The topological polar surface area (TPSA) is 78.9 Å². The van der Waals surface area contributed by atoms with Crippen molar-refractivity contribution in [2.75, 3.05) is 31.2 Å². The summed E-state index contributed by atoms with van der Waals surface area (Å²) in [6.07, 6.45) is 0. The van der Waals surface area contributed by atoms with E-state index >= 15 is 0 Å². The van der Waals surface area contributed by atoms with E-state index in [-0.39, 0.29) is 18.1 Å². The predicted molar refractivity (Wildman–Crippen MR) is 74.0 cm³/mol. The number of amides is 1. The first kappa shape index (κ1) is 14.3. The number of benzene rings is 1. The van der Waals surface area contributed by atoms with Crippen molar-refractivity contribution in [1.29, 1.82) is 0 Å². The fourth-order valence-corrected chi connectivity index (χ4v) is 2.31. The molecule has 1 atom stereocenters. The summed E-state index contributed by atoms with van der Waals surface area (Å²) in [4.78, 5) is 25.2. The zero-order valence-electron chi connectivity index (χ0n) is 11.3. The molecule has 1 aliphatic rings. The highest BCUT2D eigenvalue weighted by Gasteiger charge is 2.31. The minimum Gasteiger partial charge on any atom is -0.478 e. The Morgan fingerprint density at radius 3 is 2.90 bits per heavy atom. The van der Waals surface area contributed by atoms with Gasteiger partial charge in [-0.1, -0.05) is 12.1 Å². The first-order chi connectivity index (χ1) is 9.65. The van der Waals surface area contributed by atoms with Gasteiger partial charge in [0, 0.05) is 13.1 Å². The second-order valence-electron chi connectivity index (χ2n) is 4.50. The summed E-state index contributed by atoms with van der Waals surface area (Å²) in [6.45, 7) is 3.61. The molecule has 1 aliphatic heterocycles. The third-order valence-corrected chi connectivity index (χ3v) is 3.23. The molecule has 1 saturated heterocycles. The number of likely N-dealkylation sites (N-methyl/N-ethyl adjacent to an activating group) is 1. The molecule has 1 fully saturated rings. The number of para-hydroxylation sites is 1. The van der Waals surface area contributed by atoms with E-state index in [1.54, 1.807) is 29.2 Å². The van der Waals surface area contributed by atoms with Gasteiger partial charge in [-0.3, -0.25) is 4.79 Å². The van der Waals surface area contributed by atoms with Crippen LogP contribution in [0.25, 0.3) is 0 Å². The molecular formula is C14H18N2O4. The van der Waals surface area contributed by atoms with Crippen molar-refractivity contribution in [1.82, 2.24) is 5.32 Å². The van der Waals surface area contributed by atoms with Crippen LogP contribution >= 0.6 is 0 Å². The number of morpholine rings is 1. The largest absolute Gasteiger partial charge is 0.478 e. The number of nitrogens with zero attached hydrogens (tertiary/aromatic N) is 1. The Kier molecular flexibility index (Phi) is 4.57. The monoisotopic (exact) mass is 278 g/mol. The van der Waals surface area contributed by atoms with Crippen molar-refractivity contribution in [3.63, 3.8) is 0 Å². The van der Waals surface area contributed by atoms with Crippen LogP contribution in [-0.2, 0) is 9.53 Å². The number of aromatic carboxylic acids is 1. The summed E-state index contributed by atoms with van der Waals surface area (Å²) in [6, 6.07) is 6.22. The Hall–Kier alpha value is -2.08. The van der Waals surface area contributed by atoms with Gasteiger partial charge in [-0.2, -0.15) is 0 Å². The van der Waals surface area contributed by atoms with Crippen LogP contribution in [0.1, 0.15) is 17.3 Å². The number of nitrogens with one attached hydrogen (secondary N) is 1. The van der Waals surface area contributed by atoms with Gasteiger partial charge in [-0.05, 0) is 19.1 Å². The summed E-state index contributed by atoms with van der Waals surface area (Å²) in [5.41, 5.74) is 0.753. The van der Waals surface area contributed by atoms with Crippen LogP contribution in [-0.4, -0.2) is 49.3 Å². The van der Waals surface area contributed by atoms with Crippen LogP contribution in [0.5, 0.6) is 0 Å². The number of anilines is 1. The van der Waals surface area contributed by atoms with Crippen molar-refractivity contribution >= 4 is 17.6 Å². The predicted octanol–water partition coefficient (Wildman–Crippen LogP) is 0.726. The molecule has 6 nitrogen and oxygen atoms in total. The second kappa shape index (κ2) is 6.38. The Labute approximate surface area is 117 Å². The quantitative estimate of drug-likeness (QED) is 0.848. The lowest BCUT2D eigenvalue weighted by molar-refractivity contribution is -0.124. The molecular weight excluding hydrogens is 260 g/mol. The molecule has 1 aromatic rings. The highest BCUT2D eigenvalue weighted by molar-refractivity contribution is 5.96. The van der Waals surface area contributed by atoms with Gasteiger partial charge in [0.05, 0.1) is 24.5 Å². The number of hydrogen-bond donors (Lipinski definition) is 2. The standard InChI is InChI=1S/C14H18N2O4/c1-2-15-13(17)12-9-20-8-7-16(12)11-6-4-3-5-10(11)14(18)19/h3-6,12H,2,7-9H2,1H3,(H,15,17)(H,18,19). The number of carboxylic acids is 1. The number of rotatable bonds is 4. The van der Waals surface area contributed by atoms with Crippen molar-refractivity contribution in [3.8, 4) is 0 Å². The fourth-order valence-electron chi connectivity index (χ4n) is 2.31. The van der Waals surface area contributed by atoms with E-state index in [4.69, 9.17) is 4.74 Å². The van der Waals surface area contributed by atoms with Crippen molar-refractivity contribution in [2.24, 2.45) is 0 Å². The van der Waals surface area contributed by atoms with Crippen molar-refractivity contribution in [3.05, 3.63) is 29.8 Å². The number of carboxylic acid groups (broad SMARTS) is 1. The summed E-state index contributed by atoms with van der Waals surface area (Å²) in [5, 5.41) is 12.0. The Morgan fingerprint density at radius 1 is 1.45 bits per heavy atom. The van der Waals surface area contributed by atoms with Crippen molar-refractivity contribution in [2.45, 2.75) is 13.0 Å². The Bertz CT molecular complexity index is 504. The molecule has 0 aromatic heterocycles. The van der Waals surface area contributed by atoms with Crippen LogP contribution < -0.4 is 10.2 Å². The van der Waals surface area contributed by atoms with E-state index in [9.17, 15) is 14.7 Å². The highest BCUT2D eigenvalue weighted by atomic mass is 16.5. The van der Waals surface area contributed by atoms with Gasteiger partial charge in [0.1, 0.15) is 6.04 Å². The average Bonchev–Trinajstić information content (AvgIpc) is 2.47. The molecule has 0 aliphatic carbocycles. The minimum absolute atomic E-state index is 0.146. The molecule has 0 bridgehead atoms. The maximum absolute atomic E-state index is 12.1. The summed E-state index contributed by atoms with van der Waals surface area (Å²) in [7, 11) is 0. The molecule has 6 heteroatoms. The van der Waals surface area contributed by atoms with E-state index < -0.39 is 12.0 Å². The van der Waals surface area contributed by atoms with E-state index in [0.29, 0.717) is 25.4 Å². The van der Waals surface area contributed by atoms with E-state index in [1.165, 1.54) is 0 Å². The molecule has 1 amide bonds. The molecule has 0 spiro atoms. The zero-order valence-corrected chi connectivity index (χ0v) is 11.3. The molecule has 0 saturated carbocycles. The smallest absolute Gasteiger partial charge is 0.337 e. The summed E-state index contributed by atoms with van der Waals surface area (Å²) in [5.74, 6) is -1.14. The summed E-state index contributed by atoms with van der Waals surface area (Å²) < 4.78 is 5.35. The van der Waals surface area contributed by atoms with Gasteiger partial charge < -0.3 is 20.1 Å². The molecule has 1 unspecified atom stereocenters. The average molecular weight is 278 g/mol. The van der Waals surface area contributed by atoms with Crippen LogP contribution in [0.15, 0.2) is 24.3 Å². The van der Waals surface area contributed by atoms with Crippen LogP contribution in [0, 0.1) is 0 Å². The number of ether oxygens (including phenoxy) is 1. The molecule has 1 aromatic carbocycles. The highest BCUT2D eigenvalue weighted by Crippen LogP contribution is 2.24.